The number of hydrogen-bond acceptors (Lipinski definition) is 9. The molecule has 2 atom stereocenters. The molecular formula is C29H26FN3O7S. The summed E-state index contributed by atoms with van der Waals surface area (Å²) in [4.78, 5) is 41.7. The number of thioether (sulfide) groups is 1. The fraction of sp³-hybridized carbons (Fsp3) is 0.345. The number of ether oxygens (including phenoxy) is 4. The van der Waals surface area contributed by atoms with Gasteiger partial charge >= 0.3 is 6.16 Å². The van der Waals surface area contributed by atoms with E-state index in [0.717, 1.165) is 36.0 Å². The zero-order valence-corrected chi connectivity index (χ0v) is 22.9. The van der Waals surface area contributed by atoms with Gasteiger partial charge in [0.25, 0.3) is 5.91 Å². The van der Waals surface area contributed by atoms with Gasteiger partial charge in [0.05, 0.1) is 25.9 Å². The summed E-state index contributed by atoms with van der Waals surface area (Å²) in [5, 5.41) is 1.93. The van der Waals surface area contributed by atoms with E-state index in [1.54, 1.807) is 27.4 Å². The molecule has 12 heteroatoms. The van der Waals surface area contributed by atoms with E-state index in [0.29, 0.717) is 17.9 Å². The van der Waals surface area contributed by atoms with Crippen LogP contribution in [0.25, 0.3) is 0 Å². The number of morpholine rings is 1. The molecule has 1 saturated heterocycles. The Balaban J connectivity index is 1.47. The summed E-state index contributed by atoms with van der Waals surface area (Å²) in [5.74, 6) is -0.463. The van der Waals surface area contributed by atoms with Crippen LogP contribution in [-0.4, -0.2) is 60.5 Å². The lowest BCUT2D eigenvalue weighted by atomic mass is 9.92. The second kappa shape index (κ2) is 9.81. The number of carbonyl (C=O) groups is 2. The number of halogens is 1. The van der Waals surface area contributed by atoms with Gasteiger partial charge in [0.15, 0.2) is 5.69 Å². The van der Waals surface area contributed by atoms with E-state index < -0.39 is 42.0 Å². The van der Waals surface area contributed by atoms with Crippen LogP contribution in [0.3, 0.4) is 0 Å². The highest BCUT2D eigenvalue weighted by Crippen LogP contribution is 2.51. The monoisotopic (exact) mass is 579 g/mol. The van der Waals surface area contributed by atoms with Gasteiger partial charge in [-0.05, 0) is 36.1 Å². The van der Waals surface area contributed by atoms with Crippen LogP contribution in [-0.2, 0) is 20.0 Å². The number of methoxy groups -OCH3 is 1. The average Bonchev–Trinajstić information content (AvgIpc) is 3.77. The molecule has 1 aromatic heterocycles. The van der Waals surface area contributed by atoms with Crippen LogP contribution >= 0.6 is 11.8 Å². The predicted octanol–water partition coefficient (Wildman–Crippen LogP) is 3.78. The molecule has 0 N–H and O–H groups in total. The Labute approximate surface area is 238 Å². The van der Waals surface area contributed by atoms with Crippen molar-refractivity contribution in [2.45, 2.75) is 41.2 Å². The normalized spacial score (nSPS) is 21.7. The van der Waals surface area contributed by atoms with E-state index >= 15 is 4.39 Å². The molecule has 7 rings (SSSR count). The molecule has 212 valence electrons. The molecule has 0 bridgehead atoms. The van der Waals surface area contributed by atoms with Crippen molar-refractivity contribution >= 4 is 23.8 Å². The Kier molecular flexibility index (Phi) is 6.20. The molecule has 4 aliphatic rings. The smallest absolute Gasteiger partial charge is 0.451 e. The Hall–Kier alpha value is -4.03. The van der Waals surface area contributed by atoms with Crippen molar-refractivity contribution in [2.24, 2.45) is 0 Å². The van der Waals surface area contributed by atoms with Crippen molar-refractivity contribution in [2.75, 3.05) is 32.1 Å². The molecule has 3 aliphatic heterocycles. The Morgan fingerprint density at radius 2 is 1.98 bits per heavy atom. The standard InChI is InChI=1S/C29H26FN3O7S/c1-37-28(36)40-16-39-26-20(34)9-12-31-25(26)27(35)32-22(13-38-15-29(32)10-11-29)33(31)24-18-6-2-3-8-21(18)41-14-17-5-4-7-19(30)23(17)24/h2-9,12,22,24H,10-11,13-16H2,1H3/t22-,24-/m1/s1. The van der Waals surface area contributed by atoms with Gasteiger partial charge in [-0.2, -0.15) is 0 Å². The third-order valence-corrected chi connectivity index (χ3v) is 9.25. The molecule has 2 fully saturated rings. The Bertz CT molecular complexity index is 1620. The van der Waals surface area contributed by atoms with E-state index in [-0.39, 0.29) is 23.9 Å². The molecule has 1 spiro atoms. The van der Waals surface area contributed by atoms with Crippen LogP contribution in [0.2, 0.25) is 0 Å². The second-order valence-corrected chi connectivity index (χ2v) is 11.4. The quantitative estimate of drug-likeness (QED) is 0.338. The van der Waals surface area contributed by atoms with Gasteiger partial charge in [0.2, 0.25) is 18.0 Å². The number of carbonyl (C=O) groups excluding carboxylic acids is 2. The number of aromatic nitrogens is 1. The summed E-state index contributed by atoms with van der Waals surface area (Å²) >= 11 is 1.62. The van der Waals surface area contributed by atoms with Crippen LogP contribution in [0.5, 0.6) is 5.75 Å². The summed E-state index contributed by atoms with van der Waals surface area (Å²) in [6.45, 7) is -0.0790. The lowest BCUT2D eigenvalue weighted by Gasteiger charge is -2.54. The molecule has 4 heterocycles. The van der Waals surface area contributed by atoms with Crippen molar-refractivity contribution in [1.82, 2.24) is 9.58 Å². The van der Waals surface area contributed by atoms with Crippen molar-refractivity contribution in [3.05, 3.63) is 93.2 Å². The van der Waals surface area contributed by atoms with E-state index in [1.807, 2.05) is 35.3 Å². The van der Waals surface area contributed by atoms with Crippen molar-refractivity contribution in [1.29, 1.82) is 0 Å². The molecular weight excluding hydrogens is 553 g/mol. The second-order valence-electron chi connectivity index (χ2n) is 10.4. The van der Waals surface area contributed by atoms with Gasteiger partial charge in [0.1, 0.15) is 18.0 Å². The highest BCUT2D eigenvalue weighted by molar-refractivity contribution is 7.98. The van der Waals surface area contributed by atoms with Crippen LogP contribution in [0.4, 0.5) is 9.18 Å². The Morgan fingerprint density at radius 3 is 2.78 bits per heavy atom. The van der Waals surface area contributed by atoms with Crippen molar-refractivity contribution in [3.8, 4) is 5.75 Å². The van der Waals surface area contributed by atoms with E-state index in [9.17, 15) is 14.4 Å². The lowest BCUT2D eigenvalue weighted by molar-refractivity contribution is -0.0622. The maximum absolute atomic E-state index is 15.9. The zero-order valence-electron chi connectivity index (χ0n) is 22.1. The number of amides is 1. The molecule has 3 aromatic rings. The molecule has 1 aliphatic carbocycles. The summed E-state index contributed by atoms with van der Waals surface area (Å²) < 4.78 is 38.6. The molecule has 0 unspecified atom stereocenters. The molecule has 0 radical (unpaired) electrons. The zero-order chi connectivity index (χ0) is 28.3. The number of benzene rings is 2. The van der Waals surface area contributed by atoms with Gasteiger partial charge < -0.3 is 23.8 Å². The van der Waals surface area contributed by atoms with Gasteiger partial charge in [-0.3, -0.25) is 19.3 Å². The van der Waals surface area contributed by atoms with Gasteiger partial charge in [0, 0.05) is 28.5 Å². The summed E-state index contributed by atoms with van der Waals surface area (Å²) in [6, 6.07) is 13.5. The van der Waals surface area contributed by atoms with Crippen LogP contribution in [0.1, 0.15) is 46.1 Å². The van der Waals surface area contributed by atoms with Crippen LogP contribution in [0, 0.1) is 5.82 Å². The maximum Gasteiger partial charge on any atom is 0.510 e. The van der Waals surface area contributed by atoms with E-state index in [2.05, 4.69) is 4.74 Å². The third kappa shape index (κ3) is 4.07. The molecule has 2 aromatic carbocycles. The predicted molar refractivity (Wildman–Crippen MR) is 145 cm³/mol. The van der Waals surface area contributed by atoms with Gasteiger partial charge in [-0.1, -0.05) is 30.3 Å². The molecule has 10 nitrogen and oxygen atoms in total. The molecule has 41 heavy (non-hydrogen) atoms. The number of nitrogens with zero attached hydrogens (tertiary/aromatic N) is 3. The minimum atomic E-state index is -0.993. The Morgan fingerprint density at radius 1 is 1.15 bits per heavy atom. The first-order chi connectivity index (χ1) is 19.9. The lowest BCUT2D eigenvalue weighted by Crippen LogP contribution is -2.70. The fourth-order valence-electron chi connectivity index (χ4n) is 6.11. The first kappa shape index (κ1) is 25.9. The van der Waals surface area contributed by atoms with Gasteiger partial charge in [-0.15, -0.1) is 11.8 Å². The van der Waals surface area contributed by atoms with Crippen LogP contribution < -0.4 is 15.2 Å². The molecule has 1 amide bonds. The van der Waals surface area contributed by atoms with E-state index in [1.165, 1.54) is 18.3 Å². The number of rotatable bonds is 4. The van der Waals surface area contributed by atoms with Crippen LogP contribution in [0.15, 0.2) is 64.4 Å². The first-order valence-electron chi connectivity index (χ1n) is 13.2. The average molecular weight is 580 g/mol. The summed E-state index contributed by atoms with van der Waals surface area (Å²) in [7, 11) is 1.15. The highest BCUT2D eigenvalue weighted by Gasteiger charge is 2.60. The highest BCUT2D eigenvalue weighted by atomic mass is 32.2. The SMILES string of the molecule is COC(=O)OCOc1c2n(ccc1=O)N([C@@H]1c3ccccc3SCc3cccc(F)c31)[C@@H]1COCC3(CC3)N1C2=O. The minimum Gasteiger partial charge on any atom is -0.451 e. The fourth-order valence-corrected chi connectivity index (χ4v) is 7.20. The van der Waals surface area contributed by atoms with E-state index in [4.69, 9.17) is 14.2 Å². The van der Waals surface area contributed by atoms with Crippen molar-refractivity contribution in [3.63, 3.8) is 0 Å². The van der Waals surface area contributed by atoms with Gasteiger partial charge in [-0.25, -0.2) is 9.18 Å². The summed E-state index contributed by atoms with van der Waals surface area (Å²) in [6.07, 6.45) is 1.40. The minimum absolute atomic E-state index is 0.0253. The number of fused-ring (bicyclic) bond motifs is 5. The third-order valence-electron chi connectivity index (χ3n) is 8.11. The van der Waals surface area contributed by atoms with Crippen molar-refractivity contribution < 1.29 is 32.9 Å². The molecule has 1 saturated carbocycles. The largest absolute Gasteiger partial charge is 0.510 e. The number of hydrogen-bond donors (Lipinski definition) is 0. The number of pyridine rings is 1. The maximum atomic E-state index is 15.9. The first-order valence-corrected chi connectivity index (χ1v) is 14.2. The summed E-state index contributed by atoms with van der Waals surface area (Å²) in [5.41, 5.74) is 1.08. The topological polar surface area (TPSA) is 99.5 Å².